The lowest BCUT2D eigenvalue weighted by Crippen LogP contribution is -2.57. The zero-order chi connectivity index (χ0) is 15.1. The number of para-hydroxylation sites is 2. The van der Waals surface area contributed by atoms with Gasteiger partial charge in [-0.15, -0.1) is 0 Å². The van der Waals surface area contributed by atoms with Gasteiger partial charge in [-0.05, 0) is 36.9 Å². The fourth-order valence-corrected chi connectivity index (χ4v) is 3.63. The Bertz CT molecular complexity index is 788. The molecule has 1 aliphatic heterocycles. The largest absolute Gasteiger partial charge is 0.356 e. The van der Waals surface area contributed by atoms with Gasteiger partial charge in [0.1, 0.15) is 0 Å². The smallest absolute Gasteiger partial charge is 0.247 e. The Kier molecular flexibility index (Phi) is 3.04. The van der Waals surface area contributed by atoms with Crippen molar-refractivity contribution in [3.8, 4) is 0 Å². The quantitative estimate of drug-likeness (QED) is 0.530. The number of hydrogen-bond donors (Lipinski definition) is 1. The van der Waals surface area contributed by atoms with Gasteiger partial charge < -0.3 is 5.32 Å². The first-order valence-corrected chi connectivity index (χ1v) is 7.76. The van der Waals surface area contributed by atoms with Gasteiger partial charge in [-0.2, -0.15) is 0 Å². The van der Waals surface area contributed by atoms with Crippen LogP contribution >= 0.6 is 0 Å². The van der Waals surface area contributed by atoms with E-state index in [-0.39, 0.29) is 0 Å². The lowest BCUT2D eigenvalue weighted by atomic mass is 9.34. The molecule has 3 aromatic carbocycles. The van der Waals surface area contributed by atoms with Crippen molar-refractivity contribution in [2.45, 2.75) is 13.8 Å². The molecule has 22 heavy (non-hydrogen) atoms. The zero-order valence-electron chi connectivity index (χ0n) is 12.9. The average Bonchev–Trinajstić information content (AvgIpc) is 2.54. The van der Waals surface area contributed by atoms with E-state index in [0.717, 1.165) is 0 Å². The second-order valence-electron chi connectivity index (χ2n) is 6.04. The molecule has 0 radical (unpaired) electrons. The molecular formula is C20H18BN. The van der Waals surface area contributed by atoms with Crippen LogP contribution in [0.25, 0.3) is 0 Å². The molecule has 0 amide bonds. The van der Waals surface area contributed by atoms with Gasteiger partial charge in [-0.1, -0.05) is 71.2 Å². The zero-order valence-corrected chi connectivity index (χ0v) is 12.9. The van der Waals surface area contributed by atoms with E-state index in [9.17, 15) is 0 Å². The Morgan fingerprint density at radius 1 is 0.636 bits per heavy atom. The van der Waals surface area contributed by atoms with Crippen molar-refractivity contribution in [3.63, 3.8) is 0 Å². The highest BCUT2D eigenvalue weighted by Gasteiger charge is 2.31. The van der Waals surface area contributed by atoms with Crippen LogP contribution in [0.15, 0.2) is 66.7 Å². The van der Waals surface area contributed by atoms with E-state index in [1.54, 1.807) is 0 Å². The van der Waals surface area contributed by atoms with E-state index in [0.29, 0.717) is 6.71 Å². The topological polar surface area (TPSA) is 12.0 Å². The van der Waals surface area contributed by atoms with Gasteiger partial charge in [0.2, 0.25) is 6.71 Å². The van der Waals surface area contributed by atoms with Gasteiger partial charge in [0.05, 0.1) is 0 Å². The van der Waals surface area contributed by atoms with Crippen LogP contribution in [-0.2, 0) is 0 Å². The highest BCUT2D eigenvalue weighted by atomic mass is 14.9. The van der Waals surface area contributed by atoms with Crippen molar-refractivity contribution in [1.82, 2.24) is 0 Å². The van der Waals surface area contributed by atoms with Gasteiger partial charge in [0.25, 0.3) is 0 Å². The molecule has 1 heterocycles. The summed E-state index contributed by atoms with van der Waals surface area (Å²) < 4.78 is 0. The van der Waals surface area contributed by atoms with E-state index < -0.39 is 0 Å². The van der Waals surface area contributed by atoms with Crippen LogP contribution in [0.2, 0.25) is 0 Å². The lowest BCUT2D eigenvalue weighted by Gasteiger charge is -2.29. The minimum Gasteiger partial charge on any atom is -0.356 e. The van der Waals surface area contributed by atoms with Gasteiger partial charge >= 0.3 is 0 Å². The van der Waals surface area contributed by atoms with E-state index in [1.807, 2.05) is 0 Å². The predicted molar refractivity (Wildman–Crippen MR) is 96.7 cm³/mol. The number of nitrogens with one attached hydrogen (secondary N) is 1. The fourth-order valence-electron chi connectivity index (χ4n) is 3.63. The maximum absolute atomic E-state index is 3.58. The van der Waals surface area contributed by atoms with Crippen molar-refractivity contribution in [1.29, 1.82) is 0 Å². The molecular weight excluding hydrogens is 265 g/mol. The third kappa shape index (κ3) is 1.95. The van der Waals surface area contributed by atoms with E-state index >= 15 is 0 Å². The van der Waals surface area contributed by atoms with Crippen molar-refractivity contribution in [2.24, 2.45) is 0 Å². The first-order chi connectivity index (χ1) is 10.8. The highest BCUT2D eigenvalue weighted by Crippen LogP contribution is 2.20. The summed E-state index contributed by atoms with van der Waals surface area (Å²) in [5.74, 6) is 0. The number of rotatable bonds is 1. The van der Waals surface area contributed by atoms with Crippen LogP contribution < -0.4 is 21.7 Å². The average molecular weight is 283 g/mol. The summed E-state index contributed by atoms with van der Waals surface area (Å²) in [7, 11) is 0. The van der Waals surface area contributed by atoms with Crippen molar-refractivity contribution >= 4 is 34.5 Å². The Hall–Kier alpha value is -2.48. The Balaban J connectivity index is 2.03. The molecule has 1 aliphatic rings. The monoisotopic (exact) mass is 283 g/mol. The van der Waals surface area contributed by atoms with Crippen molar-refractivity contribution in [2.75, 3.05) is 5.32 Å². The highest BCUT2D eigenvalue weighted by molar-refractivity contribution is 6.98. The van der Waals surface area contributed by atoms with Crippen LogP contribution in [0.3, 0.4) is 0 Å². The SMILES string of the molecule is Cc1cccc(C)c1B1c2ccccc2Nc2ccccc21. The first-order valence-electron chi connectivity index (χ1n) is 7.76. The van der Waals surface area contributed by atoms with Crippen LogP contribution in [0.1, 0.15) is 11.1 Å². The summed E-state index contributed by atoms with van der Waals surface area (Å²) in [5, 5.41) is 3.58. The number of anilines is 2. The summed E-state index contributed by atoms with van der Waals surface area (Å²) in [4.78, 5) is 0. The molecule has 0 spiro atoms. The summed E-state index contributed by atoms with van der Waals surface area (Å²) >= 11 is 0. The standard InChI is InChI=1S/C20H18BN/c1-14-8-7-9-15(2)20(14)21-16-10-3-5-12-18(16)22-19-13-6-4-11-17(19)21/h3-13,22H,1-2H3. The summed E-state index contributed by atoms with van der Waals surface area (Å²) in [6, 6.07) is 23.9. The molecule has 0 saturated carbocycles. The molecule has 4 rings (SSSR count). The third-order valence-electron chi connectivity index (χ3n) is 4.64. The number of hydrogen-bond acceptors (Lipinski definition) is 1. The lowest BCUT2D eigenvalue weighted by molar-refractivity contribution is 1.42. The van der Waals surface area contributed by atoms with Crippen LogP contribution in [0, 0.1) is 13.8 Å². The molecule has 2 heteroatoms. The van der Waals surface area contributed by atoms with Crippen LogP contribution in [0.4, 0.5) is 11.4 Å². The molecule has 0 atom stereocenters. The minimum absolute atomic E-state index is 0.301. The van der Waals surface area contributed by atoms with Gasteiger partial charge in [-0.3, -0.25) is 0 Å². The van der Waals surface area contributed by atoms with E-state index in [2.05, 4.69) is 85.9 Å². The maximum Gasteiger partial charge on any atom is 0.247 e. The number of aryl methyl sites for hydroxylation is 2. The summed E-state index contributed by atoms with van der Waals surface area (Å²) in [5.41, 5.74) is 9.30. The molecule has 1 N–H and O–H groups in total. The third-order valence-corrected chi connectivity index (χ3v) is 4.64. The molecule has 0 aliphatic carbocycles. The molecule has 0 saturated heterocycles. The van der Waals surface area contributed by atoms with E-state index in [4.69, 9.17) is 0 Å². The van der Waals surface area contributed by atoms with E-state index in [1.165, 1.54) is 38.9 Å². The van der Waals surface area contributed by atoms with Crippen molar-refractivity contribution in [3.05, 3.63) is 77.9 Å². The van der Waals surface area contributed by atoms with Gasteiger partial charge in [-0.25, -0.2) is 0 Å². The van der Waals surface area contributed by atoms with Crippen LogP contribution in [0.5, 0.6) is 0 Å². The summed E-state index contributed by atoms with van der Waals surface area (Å²) in [6.45, 7) is 4.74. The molecule has 0 aromatic heterocycles. The molecule has 3 aromatic rings. The first kappa shape index (κ1) is 13.2. The Morgan fingerprint density at radius 2 is 1.14 bits per heavy atom. The minimum atomic E-state index is 0.301. The second-order valence-corrected chi connectivity index (χ2v) is 6.04. The normalized spacial score (nSPS) is 12.4. The summed E-state index contributed by atoms with van der Waals surface area (Å²) in [6.07, 6.45) is 0. The van der Waals surface area contributed by atoms with Gasteiger partial charge in [0.15, 0.2) is 0 Å². The maximum atomic E-state index is 3.58. The molecule has 106 valence electrons. The number of fused-ring (bicyclic) bond motifs is 2. The Morgan fingerprint density at radius 3 is 1.68 bits per heavy atom. The molecule has 0 fully saturated rings. The Labute approximate surface area is 132 Å². The number of benzene rings is 3. The van der Waals surface area contributed by atoms with Gasteiger partial charge in [0, 0.05) is 11.4 Å². The second kappa shape index (κ2) is 5.06. The van der Waals surface area contributed by atoms with Crippen LogP contribution in [-0.4, -0.2) is 6.71 Å². The predicted octanol–water partition coefficient (Wildman–Crippen LogP) is 2.88. The van der Waals surface area contributed by atoms with Crippen molar-refractivity contribution < 1.29 is 0 Å². The molecule has 1 nitrogen and oxygen atoms in total. The molecule has 0 unspecified atom stereocenters. The molecule has 0 bridgehead atoms. The fraction of sp³-hybridized carbons (Fsp3) is 0.100.